The number of hydrogen-bond donors (Lipinski definition) is 0. The van der Waals surface area contributed by atoms with Gasteiger partial charge in [-0.05, 0) is 42.8 Å². The molecule has 0 fully saturated rings. The third-order valence-electron chi connectivity index (χ3n) is 3.37. The lowest BCUT2D eigenvalue weighted by atomic mass is 10.1. The van der Waals surface area contributed by atoms with Gasteiger partial charge in [0.15, 0.2) is 0 Å². The summed E-state index contributed by atoms with van der Waals surface area (Å²) < 4.78 is 0.904. The first-order valence-corrected chi connectivity index (χ1v) is 7.38. The number of nitriles is 1. The standard InChI is InChI=1S/C16H14BrClN2/c1-11(12-4-3-5-15(18)9-12)20(2)16-7-6-14(17)8-13(16)10-19/h3-9,11H,1-2H3. The summed E-state index contributed by atoms with van der Waals surface area (Å²) in [6.45, 7) is 2.09. The van der Waals surface area contributed by atoms with Crippen LogP contribution in [0.3, 0.4) is 0 Å². The van der Waals surface area contributed by atoms with E-state index in [1.165, 1.54) is 0 Å². The summed E-state index contributed by atoms with van der Waals surface area (Å²) in [6, 6.07) is 15.9. The van der Waals surface area contributed by atoms with Crippen LogP contribution in [0.4, 0.5) is 5.69 Å². The van der Waals surface area contributed by atoms with Gasteiger partial charge < -0.3 is 4.90 Å². The Labute approximate surface area is 132 Å². The molecule has 0 radical (unpaired) electrons. The molecule has 1 unspecified atom stereocenters. The maximum absolute atomic E-state index is 9.27. The van der Waals surface area contributed by atoms with Crippen molar-refractivity contribution in [3.63, 3.8) is 0 Å². The molecular weight excluding hydrogens is 336 g/mol. The molecule has 2 nitrogen and oxygen atoms in total. The summed E-state index contributed by atoms with van der Waals surface area (Å²) in [5.41, 5.74) is 2.67. The quantitative estimate of drug-likeness (QED) is 0.764. The third kappa shape index (κ3) is 3.15. The van der Waals surface area contributed by atoms with Crippen LogP contribution in [0, 0.1) is 11.3 Å². The van der Waals surface area contributed by atoms with Crippen LogP contribution < -0.4 is 4.90 Å². The second kappa shape index (κ2) is 6.30. The molecule has 1 atom stereocenters. The van der Waals surface area contributed by atoms with Crippen LogP contribution in [0.15, 0.2) is 46.9 Å². The molecule has 20 heavy (non-hydrogen) atoms. The highest BCUT2D eigenvalue weighted by molar-refractivity contribution is 9.10. The van der Waals surface area contributed by atoms with E-state index in [0.717, 1.165) is 20.7 Å². The zero-order valence-electron chi connectivity index (χ0n) is 11.3. The fraction of sp³-hybridized carbons (Fsp3) is 0.188. The highest BCUT2D eigenvalue weighted by atomic mass is 79.9. The van der Waals surface area contributed by atoms with Gasteiger partial charge in [0, 0.05) is 16.5 Å². The zero-order valence-corrected chi connectivity index (χ0v) is 13.6. The average molecular weight is 350 g/mol. The Morgan fingerprint density at radius 3 is 2.65 bits per heavy atom. The third-order valence-corrected chi connectivity index (χ3v) is 4.10. The van der Waals surface area contributed by atoms with Crippen molar-refractivity contribution in [2.24, 2.45) is 0 Å². The first-order valence-electron chi connectivity index (χ1n) is 6.21. The molecule has 0 heterocycles. The van der Waals surface area contributed by atoms with Gasteiger partial charge in [-0.2, -0.15) is 5.26 Å². The molecule has 2 rings (SSSR count). The molecule has 0 N–H and O–H groups in total. The predicted octanol–water partition coefficient (Wildman–Crippen LogP) is 5.17. The molecule has 2 aromatic carbocycles. The van der Waals surface area contributed by atoms with Crippen LogP contribution in [0.1, 0.15) is 24.1 Å². The van der Waals surface area contributed by atoms with Crippen molar-refractivity contribution >= 4 is 33.2 Å². The van der Waals surface area contributed by atoms with E-state index in [1.54, 1.807) is 0 Å². The van der Waals surface area contributed by atoms with Crippen molar-refractivity contribution in [3.8, 4) is 6.07 Å². The largest absolute Gasteiger partial charge is 0.367 e. The van der Waals surface area contributed by atoms with Gasteiger partial charge in [-0.1, -0.05) is 39.7 Å². The molecule has 0 amide bonds. The minimum Gasteiger partial charge on any atom is -0.367 e. The van der Waals surface area contributed by atoms with Gasteiger partial charge in [0.1, 0.15) is 6.07 Å². The maximum atomic E-state index is 9.27. The fourth-order valence-electron chi connectivity index (χ4n) is 2.10. The fourth-order valence-corrected chi connectivity index (χ4v) is 2.66. The van der Waals surface area contributed by atoms with E-state index in [1.807, 2.05) is 49.5 Å². The van der Waals surface area contributed by atoms with Crippen LogP contribution in [0.2, 0.25) is 5.02 Å². The Bertz CT molecular complexity index is 664. The summed E-state index contributed by atoms with van der Waals surface area (Å²) in [4.78, 5) is 2.08. The van der Waals surface area contributed by atoms with Gasteiger partial charge in [-0.15, -0.1) is 0 Å². The topological polar surface area (TPSA) is 27.0 Å². The molecule has 0 spiro atoms. The molecule has 0 aliphatic heterocycles. The van der Waals surface area contributed by atoms with Crippen LogP contribution >= 0.6 is 27.5 Å². The summed E-state index contributed by atoms with van der Waals surface area (Å²) in [7, 11) is 1.98. The minimum absolute atomic E-state index is 0.127. The maximum Gasteiger partial charge on any atom is 0.101 e. The highest BCUT2D eigenvalue weighted by Gasteiger charge is 2.15. The molecule has 0 saturated heterocycles. The smallest absolute Gasteiger partial charge is 0.101 e. The van der Waals surface area contributed by atoms with Crippen LogP contribution in [-0.2, 0) is 0 Å². The number of benzene rings is 2. The molecule has 0 saturated carbocycles. The summed E-state index contributed by atoms with van der Waals surface area (Å²) in [6.07, 6.45) is 0. The Morgan fingerprint density at radius 1 is 1.25 bits per heavy atom. The molecule has 2 aromatic rings. The second-order valence-electron chi connectivity index (χ2n) is 4.62. The Kier molecular flexibility index (Phi) is 4.69. The number of nitrogens with zero attached hydrogens (tertiary/aromatic N) is 2. The van der Waals surface area contributed by atoms with Crippen molar-refractivity contribution in [1.82, 2.24) is 0 Å². The highest BCUT2D eigenvalue weighted by Crippen LogP contribution is 2.30. The van der Waals surface area contributed by atoms with Crippen LogP contribution in [0.5, 0.6) is 0 Å². The number of hydrogen-bond acceptors (Lipinski definition) is 2. The van der Waals surface area contributed by atoms with E-state index in [0.29, 0.717) is 5.56 Å². The number of halogens is 2. The van der Waals surface area contributed by atoms with E-state index in [4.69, 9.17) is 11.6 Å². The number of anilines is 1. The lowest BCUT2D eigenvalue weighted by Gasteiger charge is -2.28. The Hall–Kier alpha value is -1.50. The molecule has 102 valence electrons. The Balaban J connectivity index is 2.36. The first-order chi connectivity index (χ1) is 9.52. The molecule has 0 aliphatic carbocycles. The van der Waals surface area contributed by atoms with Crippen molar-refractivity contribution in [2.75, 3.05) is 11.9 Å². The van der Waals surface area contributed by atoms with Gasteiger partial charge in [0.2, 0.25) is 0 Å². The monoisotopic (exact) mass is 348 g/mol. The average Bonchev–Trinajstić information content (AvgIpc) is 2.45. The van der Waals surface area contributed by atoms with Gasteiger partial charge in [0.05, 0.1) is 17.3 Å². The SMILES string of the molecule is CC(c1cccc(Cl)c1)N(C)c1ccc(Br)cc1C#N. The van der Waals surface area contributed by atoms with Gasteiger partial charge in [-0.25, -0.2) is 0 Å². The van der Waals surface area contributed by atoms with Crippen molar-refractivity contribution < 1.29 is 0 Å². The molecule has 0 aromatic heterocycles. The Morgan fingerprint density at radius 2 is 2.00 bits per heavy atom. The van der Waals surface area contributed by atoms with Crippen molar-refractivity contribution in [3.05, 3.63) is 63.1 Å². The minimum atomic E-state index is 0.127. The lowest BCUT2D eigenvalue weighted by molar-refractivity contribution is 0.739. The lowest BCUT2D eigenvalue weighted by Crippen LogP contribution is -2.22. The van der Waals surface area contributed by atoms with Crippen LogP contribution in [0.25, 0.3) is 0 Å². The van der Waals surface area contributed by atoms with Gasteiger partial charge in [0.25, 0.3) is 0 Å². The van der Waals surface area contributed by atoms with E-state index < -0.39 is 0 Å². The first kappa shape index (κ1) is 14.9. The summed E-state index contributed by atoms with van der Waals surface area (Å²) >= 11 is 9.43. The molecular formula is C16H14BrClN2. The normalized spacial score (nSPS) is 11.8. The summed E-state index contributed by atoms with van der Waals surface area (Å²) in [5, 5.41) is 9.99. The summed E-state index contributed by atoms with van der Waals surface area (Å²) in [5.74, 6) is 0. The number of rotatable bonds is 3. The van der Waals surface area contributed by atoms with E-state index >= 15 is 0 Å². The molecule has 4 heteroatoms. The zero-order chi connectivity index (χ0) is 14.7. The van der Waals surface area contributed by atoms with Crippen LogP contribution in [-0.4, -0.2) is 7.05 Å². The van der Waals surface area contributed by atoms with Gasteiger partial charge >= 0.3 is 0 Å². The van der Waals surface area contributed by atoms with E-state index in [2.05, 4.69) is 33.8 Å². The van der Waals surface area contributed by atoms with Crippen molar-refractivity contribution in [2.45, 2.75) is 13.0 Å². The molecule has 0 aliphatic rings. The second-order valence-corrected chi connectivity index (χ2v) is 5.97. The predicted molar refractivity (Wildman–Crippen MR) is 87.1 cm³/mol. The molecule has 0 bridgehead atoms. The van der Waals surface area contributed by atoms with Crippen molar-refractivity contribution in [1.29, 1.82) is 5.26 Å². The van der Waals surface area contributed by atoms with E-state index in [-0.39, 0.29) is 6.04 Å². The van der Waals surface area contributed by atoms with Gasteiger partial charge in [-0.3, -0.25) is 0 Å². The van der Waals surface area contributed by atoms with E-state index in [9.17, 15) is 5.26 Å².